The first-order valence-electron chi connectivity index (χ1n) is 5.75. The predicted octanol–water partition coefficient (Wildman–Crippen LogP) is 3.01. The zero-order valence-corrected chi connectivity index (χ0v) is 12.8. The van der Waals surface area contributed by atoms with Gasteiger partial charge in [-0.1, -0.05) is 30.3 Å². The Morgan fingerprint density at radius 3 is 2.39 bits per heavy atom. The quantitative estimate of drug-likeness (QED) is 0.843. The molecule has 0 spiro atoms. The van der Waals surface area contributed by atoms with E-state index >= 15 is 0 Å². The van der Waals surface area contributed by atoms with Crippen molar-refractivity contribution >= 4 is 22.6 Å². The number of aryl methyl sites for hydroxylation is 1. The largest absolute Gasteiger partial charge is 0.309 e. The molecule has 2 rings (SSSR count). The number of nitrogens with one attached hydrogen (secondary N) is 1. The molecule has 0 saturated heterocycles. The monoisotopic (exact) mass is 354 g/mol. The molecule has 1 heterocycles. The Balaban J connectivity index is 2.58. The van der Waals surface area contributed by atoms with Gasteiger partial charge < -0.3 is 4.98 Å². The van der Waals surface area contributed by atoms with Crippen LogP contribution in [0.4, 0.5) is 0 Å². The van der Waals surface area contributed by atoms with Gasteiger partial charge in [0, 0.05) is 5.41 Å². The lowest BCUT2D eigenvalue weighted by Crippen LogP contribution is -2.28. The second kappa shape index (κ2) is 4.84. The minimum atomic E-state index is -0.310. The zero-order valence-electron chi connectivity index (χ0n) is 10.6. The van der Waals surface area contributed by atoms with Gasteiger partial charge in [-0.15, -0.1) is 0 Å². The van der Waals surface area contributed by atoms with E-state index in [2.05, 4.69) is 23.8 Å². The molecule has 0 radical (unpaired) electrons. The van der Waals surface area contributed by atoms with E-state index in [4.69, 9.17) is 0 Å². The fourth-order valence-electron chi connectivity index (χ4n) is 1.86. The van der Waals surface area contributed by atoms with Crippen molar-refractivity contribution in [2.75, 3.05) is 0 Å². The summed E-state index contributed by atoms with van der Waals surface area (Å²) in [5.41, 5.74) is 1.53. The highest BCUT2D eigenvalue weighted by atomic mass is 127. The lowest BCUT2D eigenvalue weighted by Gasteiger charge is -2.24. The third-order valence-corrected chi connectivity index (χ3v) is 4.39. The van der Waals surface area contributed by atoms with Gasteiger partial charge in [0.15, 0.2) is 0 Å². The second-order valence-electron chi connectivity index (χ2n) is 4.80. The number of rotatable bonds is 2. The first kappa shape index (κ1) is 13.3. The molecule has 3 nitrogen and oxygen atoms in total. The van der Waals surface area contributed by atoms with Crippen LogP contribution in [0.3, 0.4) is 0 Å². The Morgan fingerprint density at radius 2 is 1.83 bits per heavy atom. The van der Waals surface area contributed by atoms with E-state index in [1.807, 2.05) is 59.8 Å². The maximum atomic E-state index is 11.8. The van der Waals surface area contributed by atoms with E-state index in [0.29, 0.717) is 9.39 Å². The van der Waals surface area contributed by atoms with Crippen molar-refractivity contribution in [1.82, 2.24) is 9.97 Å². The van der Waals surface area contributed by atoms with Crippen molar-refractivity contribution < 1.29 is 0 Å². The Hall–Kier alpha value is -1.17. The number of halogens is 1. The fraction of sp³-hybridized carbons (Fsp3) is 0.286. The average molecular weight is 354 g/mol. The zero-order chi connectivity index (χ0) is 13.3. The van der Waals surface area contributed by atoms with Crippen LogP contribution in [-0.4, -0.2) is 9.97 Å². The van der Waals surface area contributed by atoms with Crippen LogP contribution in [0.2, 0.25) is 0 Å². The van der Waals surface area contributed by atoms with E-state index in [1.165, 1.54) is 0 Å². The highest BCUT2D eigenvalue weighted by Crippen LogP contribution is 2.28. The van der Waals surface area contributed by atoms with Crippen molar-refractivity contribution in [1.29, 1.82) is 0 Å². The Labute approximate surface area is 120 Å². The lowest BCUT2D eigenvalue weighted by molar-refractivity contribution is 0.582. The van der Waals surface area contributed by atoms with Crippen LogP contribution < -0.4 is 5.56 Å². The molecular weight excluding hydrogens is 339 g/mol. The molecule has 94 valence electrons. The summed E-state index contributed by atoms with van der Waals surface area (Å²) in [6.07, 6.45) is 0. The number of hydrogen-bond donors (Lipinski definition) is 1. The molecular formula is C14H15IN2O. The Bertz CT molecular complexity index is 617. The Morgan fingerprint density at radius 1 is 1.22 bits per heavy atom. The van der Waals surface area contributed by atoms with Crippen LogP contribution in [0, 0.1) is 10.5 Å². The van der Waals surface area contributed by atoms with E-state index in [0.717, 1.165) is 11.3 Å². The van der Waals surface area contributed by atoms with Crippen LogP contribution in [-0.2, 0) is 5.41 Å². The van der Waals surface area contributed by atoms with E-state index < -0.39 is 0 Å². The van der Waals surface area contributed by atoms with Crippen LogP contribution in [0.25, 0.3) is 0 Å². The Kier molecular flexibility index (Phi) is 3.56. The number of hydrogen-bond acceptors (Lipinski definition) is 2. The van der Waals surface area contributed by atoms with Gasteiger partial charge in [-0.05, 0) is 48.9 Å². The van der Waals surface area contributed by atoms with E-state index in [9.17, 15) is 4.79 Å². The van der Waals surface area contributed by atoms with Gasteiger partial charge in [-0.25, -0.2) is 4.98 Å². The highest BCUT2D eigenvalue weighted by molar-refractivity contribution is 14.1. The second-order valence-corrected chi connectivity index (χ2v) is 5.88. The summed E-state index contributed by atoms with van der Waals surface area (Å²) in [4.78, 5) is 19.2. The summed E-state index contributed by atoms with van der Waals surface area (Å²) in [6.45, 7) is 5.99. The van der Waals surface area contributed by atoms with Crippen LogP contribution in [0.15, 0.2) is 35.1 Å². The molecule has 18 heavy (non-hydrogen) atoms. The third-order valence-electron chi connectivity index (χ3n) is 3.12. The first-order valence-corrected chi connectivity index (χ1v) is 6.83. The van der Waals surface area contributed by atoms with Gasteiger partial charge in [-0.2, -0.15) is 0 Å². The number of benzene rings is 1. The standard InChI is InChI=1S/C14H15IN2O/c1-9-11(15)12(18)17-13(16-9)14(2,3)10-7-5-4-6-8-10/h4-8H,1-3H3,(H,16,17,18). The SMILES string of the molecule is Cc1nc(C(C)(C)c2ccccc2)[nH]c(=O)c1I. The van der Waals surface area contributed by atoms with E-state index in [1.54, 1.807) is 0 Å². The van der Waals surface area contributed by atoms with Crippen molar-refractivity contribution in [3.63, 3.8) is 0 Å². The summed E-state index contributed by atoms with van der Waals surface area (Å²) in [7, 11) is 0. The summed E-state index contributed by atoms with van der Waals surface area (Å²) in [6, 6.07) is 10.1. The highest BCUT2D eigenvalue weighted by Gasteiger charge is 2.26. The first-order chi connectivity index (χ1) is 8.43. The molecule has 0 aliphatic heterocycles. The lowest BCUT2D eigenvalue weighted by atomic mass is 9.84. The molecule has 0 amide bonds. The smallest absolute Gasteiger partial charge is 0.264 e. The third kappa shape index (κ3) is 2.34. The molecule has 0 unspecified atom stereocenters. The van der Waals surface area contributed by atoms with Crippen molar-refractivity contribution in [3.05, 3.63) is 61.3 Å². The van der Waals surface area contributed by atoms with Gasteiger partial charge in [0.25, 0.3) is 5.56 Å². The molecule has 4 heteroatoms. The molecule has 0 aliphatic rings. The maximum Gasteiger partial charge on any atom is 0.264 e. The van der Waals surface area contributed by atoms with Crippen molar-refractivity contribution in [2.24, 2.45) is 0 Å². The normalized spacial score (nSPS) is 11.6. The van der Waals surface area contributed by atoms with Gasteiger partial charge in [-0.3, -0.25) is 4.79 Å². The summed E-state index contributed by atoms with van der Waals surface area (Å²) in [5.74, 6) is 0.705. The number of nitrogens with zero attached hydrogens (tertiary/aromatic N) is 1. The molecule has 2 aromatic rings. The number of aromatic amines is 1. The minimum absolute atomic E-state index is 0.0675. The van der Waals surface area contributed by atoms with Gasteiger partial charge >= 0.3 is 0 Å². The number of aromatic nitrogens is 2. The molecule has 0 bridgehead atoms. The van der Waals surface area contributed by atoms with Crippen molar-refractivity contribution in [3.8, 4) is 0 Å². The van der Waals surface area contributed by atoms with Gasteiger partial charge in [0.2, 0.25) is 0 Å². The van der Waals surface area contributed by atoms with Crippen LogP contribution in [0.5, 0.6) is 0 Å². The maximum absolute atomic E-state index is 11.8. The molecule has 0 aliphatic carbocycles. The van der Waals surface area contributed by atoms with Gasteiger partial charge in [0.1, 0.15) is 5.82 Å². The van der Waals surface area contributed by atoms with E-state index in [-0.39, 0.29) is 11.0 Å². The summed E-state index contributed by atoms with van der Waals surface area (Å²) < 4.78 is 0.653. The fourth-order valence-corrected chi connectivity index (χ4v) is 2.11. The molecule has 1 aromatic carbocycles. The topological polar surface area (TPSA) is 45.8 Å². The molecule has 0 fully saturated rings. The van der Waals surface area contributed by atoms with Crippen molar-refractivity contribution in [2.45, 2.75) is 26.2 Å². The molecule has 0 atom stereocenters. The van der Waals surface area contributed by atoms with Crippen LogP contribution in [0.1, 0.15) is 30.9 Å². The van der Waals surface area contributed by atoms with Gasteiger partial charge in [0.05, 0.1) is 9.26 Å². The number of H-pyrrole nitrogens is 1. The molecule has 1 aromatic heterocycles. The minimum Gasteiger partial charge on any atom is -0.309 e. The summed E-state index contributed by atoms with van der Waals surface area (Å²) >= 11 is 2.02. The van der Waals surface area contributed by atoms with Crippen LogP contribution >= 0.6 is 22.6 Å². The predicted molar refractivity (Wildman–Crippen MR) is 80.9 cm³/mol. The summed E-state index contributed by atoms with van der Waals surface area (Å²) in [5, 5.41) is 0. The average Bonchev–Trinajstić information content (AvgIpc) is 2.36. The molecule has 0 saturated carbocycles. The molecule has 1 N–H and O–H groups in total.